The molecule has 0 unspecified atom stereocenters. The summed E-state index contributed by atoms with van der Waals surface area (Å²) >= 11 is 0. The molecule has 2 N–H and O–H groups in total. The quantitative estimate of drug-likeness (QED) is 0.885. The minimum absolute atomic E-state index is 0.134. The summed E-state index contributed by atoms with van der Waals surface area (Å²) in [4.78, 5) is 7.80. The van der Waals surface area contributed by atoms with E-state index in [-0.39, 0.29) is 12.0 Å². The van der Waals surface area contributed by atoms with Crippen LogP contribution in [0.25, 0.3) is 11.3 Å². The third kappa shape index (κ3) is 2.02. The molecule has 0 amide bonds. The first-order chi connectivity index (χ1) is 9.27. The van der Waals surface area contributed by atoms with Gasteiger partial charge in [0, 0.05) is 0 Å². The molecule has 0 radical (unpaired) electrons. The lowest BCUT2D eigenvalue weighted by Gasteiger charge is -2.38. The van der Waals surface area contributed by atoms with E-state index >= 15 is 0 Å². The van der Waals surface area contributed by atoms with Crippen LogP contribution >= 0.6 is 0 Å². The Kier molecular flexibility index (Phi) is 3.03. The maximum absolute atomic E-state index is 9.56. The fourth-order valence-corrected chi connectivity index (χ4v) is 2.58. The lowest BCUT2D eigenvalue weighted by atomic mass is 9.69. The normalized spacial score (nSPS) is 16.9. The number of ether oxygens (including phenoxy) is 1. The van der Waals surface area contributed by atoms with E-state index in [0.29, 0.717) is 0 Å². The van der Waals surface area contributed by atoms with Crippen LogP contribution in [0.4, 0.5) is 0 Å². The summed E-state index contributed by atoms with van der Waals surface area (Å²) in [5, 5.41) is 9.56. The molecule has 2 aromatic rings. The second kappa shape index (κ2) is 4.70. The van der Waals surface area contributed by atoms with Crippen LogP contribution in [0.5, 0.6) is 5.75 Å². The number of nitrogens with zero attached hydrogens (tertiary/aromatic N) is 1. The summed E-state index contributed by atoms with van der Waals surface area (Å²) < 4.78 is 5.15. The van der Waals surface area contributed by atoms with Gasteiger partial charge >= 0.3 is 0 Å². The van der Waals surface area contributed by atoms with E-state index in [1.54, 1.807) is 7.11 Å². The first kappa shape index (κ1) is 12.2. The minimum Gasteiger partial charge on any atom is -0.497 e. The number of rotatable bonds is 4. The van der Waals surface area contributed by atoms with E-state index < -0.39 is 0 Å². The molecular formula is C15H18N2O2. The summed E-state index contributed by atoms with van der Waals surface area (Å²) in [6, 6.07) is 7.87. The van der Waals surface area contributed by atoms with Crippen molar-refractivity contribution in [3.8, 4) is 17.0 Å². The lowest BCUT2D eigenvalue weighted by molar-refractivity contribution is 0.113. The molecule has 0 bridgehead atoms. The molecule has 0 atom stereocenters. The molecule has 0 aliphatic heterocycles. The Balaban J connectivity index is 1.88. The maximum Gasteiger partial charge on any atom is 0.118 e. The van der Waals surface area contributed by atoms with E-state index in [9.17, 15) is 5.11 Å². The van der Waals surface area contributed by atoms with Crippen molar-refractivity contribution in [2.75, 3.05) is 13.7 Å². The summed E-state index contributed by atoms with van der Waals surface area (Å²) in [6.07, 6.45) is 5.03. The Labute approximate surface area is 112 Å². The molecule has 1 aliphatic carbocycles. The van der Waals surface area contributed by atoms with Gasteiger partial charge in [-0.25, -0.2) is 4.98 Å². The van der Waals surface area contributed by atoms with Gasteiger partial charge < -0.3 is 14.8 Å². The van der Waals surface area contributed by atoms with Gasteiger partial charge in [0.1, 0.15) is 11.6 Å². The van der Waals surface area contributed by atoms with Crippen LogP contribution in [0.1, 0.15) is 25.1 Å². The zero-order valence-electron chi connectivity index (χ0n) is 11.0. The molecule has 0 spiro atoms. The first-order valence-corrected chi connectivity index (χ1v) is 6.58. The Morgan fingerprint density at radius 2 is 2.05 bits per heavy atom. The van der Waals surface area contributed by atoms with E-state index in [1.165, 1.54) is 6.42 Å². The first-order valence-electron chi connectivity index (χ1n) is 6.58. The zero-order chi connectivity index (χ0) is 13.3. The monoisotopic (exact) mass is 258 g/mol. The zero-order valence-corrected chi connectivity index (χ0v) is 11.0. The highest BCUT2D eigenvalue weighted by Crippen LogP contribution is 2.42. The van der Waals surface area contributed by atoms with Crippen molar-refractivity contribution in [2.24, 2.45) is 0 Å². The van der Waals surface area contributed by atoms with Crippen LogP contribution in [0.3, 0.4) is 0 Å². The second-order valence-corrected chi connectivity index (χ2v) is 5.17. The van der Waals surface area contributed by atoms with Gasteiger partial charge in [-0.05, 0) is 42.7 Å². The summed E-state index contributed by atoms with van der Waals surface area (Å²) in [5.41, 5.74) is 1.93. The van der Waals surface area contributed by atoms with E-state index in [0.717, 1.165) is 35.7 Å². The number of aromatic amines is 1. The lowest BCUT2D eigenvalue weighted by Crippen LogP contribution is -2.39. The average Bonchev–Trinajstić information content (AvgIpc) is 2.88. The molecule has 1 saturated carbocycles. The van der Waals surface area contributed by atoms with E-state index in [4.69, 9.17) is 4.74 Å². The fourth-order valence-electron chi connectivity index (χ4n) is 2.58. The number of hydrogen-bond donors (Lipinski definition) is 2. The minimum atomic E-state index is -0.134. The number of methoxy groups -OCH3 is 1. The molecule has 0 saturated heterocycles. The van der Waals surface area contributed by atoms with E-state index in [2.05, 4.69) is 9.97 Å². The number of aliphatic hydroxyl groups is 1. The van der Waals surface area contributed by atoms with Crippen molar-refractivity contribution >= 4 is 0 Å². The topological polar surface area (TPSA) is 58.1 Å². The maximum atomic E-state index is 9.56. The molecule has 1 aliphatic rings. The largest absolute Gasteiger partial charge is 0.497 e. The molecule has 3 rings (SSSR count). The smallest absolute Gasteiger partial charge is 0.118 e. The average molecular weight is 258 g/mol. The van der Waals surface area contributed by atoms with Gasteiger partial charge in [-0.3, -0.25) is 0 Å². The van der Waals surface area contributed by atoms with Crippen molar-refractivity contribution in [3.63, 3.8) is 0 Å². The highest BCUT2D eigenvalue weighted by molar-refractivity contribution is 5.59. The van der Waals surface area contributed by atoms with Crippen LogP contribution in [-0.2, 0) is 5.41 Å². The highest BCUT2D eigenvalue weighted by Gasteiger charge is 2.40. The summed E-state index contributed by atoms with van der Waals surface area (Å²) in [7, 11) is 1.66. The van der Waals surface area contributed by atoms with Crippen LogP contribution in [0, 0.1) is 0 Å². The summed E-state index contributed by atoms with van der Waals surface area (Å²) in [5.74, 6) is 1.75. The van der Waals surface area contributed by atoms with Gasteiger partial charge in [-0.15, -0.1) is 0 Å². The molecule has 1 aromatic carbocycles. The SMILES string of the molecule is COc1ccc(-c2cnc(C3(CO)CCC3)[nH]2)cc1. The predicted molar refractivity (Wildman–Crippen MR) is 73.2 cm³/mol. The molecule has 100 valence electrons. The van der Waals surface area contributed by atoms with Crippen molar-refractivity contribution in [1.29, 1.82) is 0 Å². The van der Waals surface area contributed by atoms with Crippen LogP contribution in [-0.4, -0.2) is 28.8 Å². The Bertz CT molecular complexity index is 550. The van der Waals surface area contributed by atoms with Gasteiger partial charge in [-0.1, -0.05) is 6.42 Å². The number of imidazole rings is 1. The fraction of sp³-hybridized carbons (Fsp3) is 0.400. The molecule has 19 heavy (non-hydrogen) atoms. The third-order valence-corrected chi connectivity index (χ3v) is 4.09. The van der Waals surface area contributed by atoms with Crippen molar-refractivity contribution < 1.29 is 9.84 Å². The summed E-state index contributed by atoms with van der Waals surface area (Å²) in [6.45, 7) is 0.169. The molecule has 4 heteroatoms. The van der Waals surface area contributed by atoms with Crippen molar-refractivity contribution in [3.05, 3.63) is 36.3 Å². The Morgan fingerprint density at radius 3 is 2.58 bits per heavy atom. The number of benzene rings is 1. The van der Waals surface area contributed by atoms with Crippen LogP contribution in [0.2, 0.25) is 0 Å². The Hall–Kier alpha value is -1.81. The van der Waals surface area contributed by atoms with Crippen molar-refractivity contribution in [1.82, 2.24) is 9.97 Å². The third-order valence-electron chi connectivity index (χ3n) is 4.09. The number of aliphatic hydroxyl groups excluding tert-OH is 1. The second-order valence-electron chi connectivity index (χ2n) is 5.17. The van der Waals surface area contributed by atoms with Gasteiger partial charge in [0.25, 0.3) is 0 Å². The number of aromatic nitrogens is 2. The highest BCUT2D eigenvalue weighted by atomic mass is 16.5. The molecular weight excluding hydrogens is 240 g/mol. The number of nitrogens with one attached hydrogen (secondary N) is 1. The number of hydrogen-bond acceptors (Lipinski definition) is 3. The van der Waals surface area contributed by atoms with Gasteiger partial charge in [0.05, 0.1) is 31.0 Å². The van der Waals surface area contributed by atoms with Gasteiger partial charge in [0.2, 0.25) is 0 Å². The van der Waals surface area contributed by atoms with Gasteiger partial charge in [0.15, 0.2) is 0 Å². The van der Waals surface area contributed by atoms with Crippen LogP contribution < -0.4 is 4.74 Å². The Morgan fingerprint density at radius 1 is 1.32 bits per heavy atom. The van der Waals surface area contributed by atoms with Crippen molar-refractivity contribution in [2.45, 2.75) is 24.7 Å². The molecule has 1 fully saturated rings. The predicted octanol–water partition coefficient (Wildman–Crippen LogP) is 2.50. The standard InChI is InChI=1S/C15H18N2O2/c1-19-12-5-3-11(4-6-12)13-9-16-14(17-13)15(10-18)7-2-8-15/h3-6,9,18H,2,7-8,10H2,1H3,(H,16,17). The molecule has 4 nitrogen and oxygen atoms in total. The van der Waals surface area contributed by atoms with Gasteiger partial charge in [-0.2, -0.15) is 0 Å². The van der Waals surface area contributed by atoms with E-state index in [1.807, 2.05) is 30.5 Å². The molecule has 1 aromatic heterocycles. The van der Waals surface area contributed by atoms with Crippen LogP contribution in [0.15, 0.2) is 30.5 Å². The molecule has 1 heterocycles. The number of H-pyrrole nitrogens is 1.